The van der Waals surface area contributed by atoms with Gasteiger partial charge < -0.3 is 0 Å². The molecule has 0 aliphatic carbocycles. The molecular formula is C20H14BrN3O3S. The smallest absolute Gasteiger partial charge is 0.266 e. The fourth-order valence-electron chi connectivity index (χ4n) is 3.23. The van der Waals surface area contributed by atoms with E-state index in [1.54, 1.807) is 30.3 Å². The fraction of sp³-hybridized carbons (Fsp3) is 0.100. The zero-order chi connectivity index (χ0) is 19.7. The van der Waals surface area contributed by atoms with Gasteiger partial charge >= 0.3 is 0 Å². The van der Waals surface area contributed by atoms with Crippen molar-refractivity contribution in [3.05, 3.63) is 96.6 Å². The molecule has 0 saturated heterocycles. The van der Waals surface area contributed by atoms with E-state index < -0.39 is 11.0 Å². The number of hydrazone groups is 1. The third-order valence-electron chi connectivity index (χ3n) is 4.50. The van der Waals surface area contributed by atoms with Crippen LogP contribution in [0.1, 0.15) is 33.3 Å². The molecule has 0 N–H and O–H groups in total. The normalized spacial score (nSPS) is 16.1. The summed E-state index contributed by atoms with van der Waals surface area (Å²) in [7, 11) is 0. The third-order valence-corrected chi connectivity index (χ3v) is 5.85. The Morgan fingerprint density at radius 2 is 2.00 bits per heavy atom. The Bertz CT molecular complexity index is 1080. The second kappa shape index (κ2) is 7.65. The average Bonchev–Trinajstić information content (AvgIpc) is 3.38. The maximum absolute atomic E-state index is 13.1. The van der Waals surface area contributed by atoms with Gasteiger partial charge in [-0.05, 0) is 35.2 Å². The molecule has 1 aromatic heterocycles. The molecule has 4 rings (SSSR count). The van der Waals surface area contributed by atoms with Crippen LogP contribution in [-0.2, 0) is 0 Å². The SMILES string of the molecule is O=C(c1cccs1)N1N=C(c2cccc(Br)c2)C[C@@H]1c1ccccc1[N+](=O)[O-]. The highest BCUT2D eigenvalue weighted by Crippen LogP contribution is 2.38. The van der Waals surface area contributed by atoms with Gasteiger partial charge in [0.15, 0.2) is 0 Å². The highest BCUT2D eigenvalue weighted by molar-refractivity contribution is 9.10. The van der Waals surface area contributed by atoms with Gasteiger partial charge in [-0.3, -0.25) is 14.9 Å². The van der Waals surface area contributed by atoms with E-state index in [0.29, 0.717) is 22.6 Å². The van der Waals surface area contributed by atoms with Gasteiger partial charge in [0, 0.05) is 17.0 Å². The third kappa shape index (κ3) is 3.48. The van der Waals surface area contributed by atoms with E-state index in [-0.39, 0.29) is 11.6 Å². The number of amides is 1. The molecule has 1 atom stereocenters. The lowest BCUT2D eigenvalue weighted by Gasteiger charge is -2.21. The zero-order valence-corrected chi connectivity index (χ0v) is 16.9. The number of hydrogen-bond donors (Lipinski definition) is 0. The predicted octanol–water partition coefficient (Wildman–Crippen LogP) is 5.41. The van der Waals surface area contributed by atoms with E-state index in [1.165, 1.54) is 22.4 Å². The van der Waals surface area contributed by atoms with E-state index in [4.69, 9.17) is 0 Å². The first-order valence-electron chi connectivity index (χ1n) is 8.48. The Kier molecular flexibility index (Phi) is 5.06. The molecule has 0 unspecified atom stereocenters. The quantitative estimate of drug-likeness (QED) is 0.389. The zero-order valence-electron chi connectivity index (χ0n) is 14.5. The standard InChI is InChI=1S/C20H14BrN3O3S/c21-14-6-3-5-13(11-14)16-12-18(15-7-1-2-8-17(15)24(26)27)23(22-16)20(25)19-9-4-10-28-19/h1-11,18H,12H2/t18-/m1/s1. The van der Waals surface area contributed by atoms with E-state index in [9.17, 15) is 14.9 Å². The second-order valence-corrected chi connectivity index (χ2v) is 8.08. The number of carbonyl (C=O) groups excluding carboxylic acids is 1. The first-order chi connectivity index (χ1) is 13.5. The Hall–Kier alpha value is -2.84. The number of halogens is 1. The number of nitrogens with zero attached hydrogens (tertiary/aromatic N) is 3. The van der Waals surface area contributed by atoms with Gasteiger partial charge in [0.1, 0.15) is 0 Å². The Labute approximate surface area is 173 Å². The van der Waals surface area contributed by atoms with Gasteiger partial charge in [-0.1, -0.05) is 46.3 Å². The maximum atomic E-state index is 13.1. The second-order valence-electron chi connectivity index (χ2n) is 6.22. The van der Waals surface area contributed by atoms with Crippen LogP contribution >= 0.6 is 27.3 Å². The number of carbonyl (C=O) groups is 1. The molecule has 2 heterocycles. The van der Waals surface area contributed by atoms with Crippen LogP contribution in [0.5, 0.6) is 0 Å². The summed E-state index contributed by atoms with van der Waals surface area (Å²) in [6, 6.07) is 17.2. The molecule has 3 aromatic rings. The van der Waals surface area contributed by atoms with Crippen LogP contribution in [-0.4, -0.2) is 21.6 Å². The summed E-state index contributed by atoms with van der Waals surface area (Å²) >= 11 is 4.78. The number of nitro benzene ring substituents is 1. The van der Waals surface area contributed by atoms with Crippen LogP contribution < -0.4 is 0 Å². The number of nitro groups is 1. The van der Waals surface area contributed by atoms with Crippen LogP contribution in [0.25, 0.3) is 0 Å². The van der Waals surface area contributed by atoms with Crippen LogP contribution in [0, 0.1) is 10.1 Å². The molecule has 1 amide bonds. The number of para-hydroxylation sites is 1. The van der Waals surface area contributed by atoms with Crippen molar-refractivity contribution in [2.75, 3.05) is 0 Å². The first kappa shape index (κ1) is 18.5. The van der Waals surface area contributed by atoms with Crippen LogP contribution in [0.4, 0.5) is 5.69 Å². The van der Waals surface area contributed by atoms with Crippen LogP contribution in [0.15, 0.2) is 75.6 Å². The van der Waals surface area contributed by atoms with Crippen LogP contribution in [0.2, 0.25) is 0 Å². The summed E-state index contributed by atoms with van der Waals surface area (Å²) in [6.07, 6.45) is 0.401. The minimum absolute atomic E-state index is 0.0119. The molecule has 6 nitrogen and oxygen atoms in total. The van der Waals surface area contributed by atoms with E-state index >= 15 is 0 Å². The molecule has 2 aromatic carbocycles. The highest BCUT2D eigenvalue weighted by Gasteiger charge is 2.37. The van der Waals surface area contributed by atoms with E-state index in [0.717, 1.165) is 10.0 Å². The summed E-state index contributed by atoms with van der Waals surface area (Å²) < 4.78 is 0.901. The largest absolute Gasteiger partial charge is 0.284 e. The molecule has 0 bridgehead atoms. The van der Waals surface area contributed by atoms with E-state index in [2.05, 4.69) is 21.0 Å². The van der Waals surface area contributed by atoms with Crippen molar-refractivity contribution in [2.24, 2.45) is 5.10 Å². The summed E-state index contributed by atoms with van der Waals surface area (Å²) in [5.41, 5.74) is 2.06. The van der Waals surface area contributed by atoms with Crippen molar-refractivity contribution in [1.29, 1.82) is 0 Å². The first-order valence-corrected chi connectivity index (χ1v) is 10.2. The lowest BCUT2D eigenvalue weighted by atomic mass is 9.97. The average molecular weight is 456 g/mol. The topological polar surface area (TPSA) is 75.8 Å². The summed E-state index contributed by atoms with van der Waals surface area (Å²) in [5.74, 6) is -0.261. The molecule has 1 aliphatic rings. The molecular weight excluding hydrogens is 442 g/mol. The highest BCUT2D eigenvalue weighted by atomic mass is 79.9. The minimum atomic E-state index is -0.537. The van der Waals surface area contributed by atoms with Crippen molar-refractivity contribution < 1.29 is 9.72 Å². The van der Waals surface area contributed by atoms with Crippen LogP contribution in [0.3, 0.4) is 0 Å². The van der Waals surface area contributed by atoms with Gasteiger partial charge in [-0.25, -0.2) is 5.01 Å². The number of hydrogen-bond acceptors (Lipinski definition) is 5. The van der Waals surface area contributed by atoms with Gasteiger partial charge in [0.05, 0.1) is 27.1 Å². The Morgan fingerprint density at radius 3 is 2.71 bits per heavy atom. The van der Waals surface area contributed by atoms with E-state index in [1.807, 2.05) is 29.6 Å². The Morgan fingerprint density at radius 1 is 1.18 bits per heavy atom. The van der Waals surface area contributed by atoms with Gasteiger partial charge in [-0.15, -0.1) is 11.3 Å². The maximum Gasteiger partial charge on any atom is 0.284 e. The fourth-order valence-corrected chi connectivity index (χ4v) is 4.29. The molecule has 1 aliphatic heterocycles. The van der Waals surface area contributed by atoms with Crippen molar-refractivity contribution in [3.63, 3.8) is 0 Å². The van der Waals surface area contributed by atoms with Gasteiger partial charge in [0.2, 0.25) is 0 Å². The predicted molar refractivity (Wildman–Crippen MR) is 112 cm³/mol. The van der Waals surface area contributed by atoms with Crippen molar-refractivity contribution in [3.8, 4) is 0 Å². The molecule has 140 valence electrons. The minimum Gasteiger partial charge on any atom is -0.266 e. The lowest BCUT2D eigenvalue weighted by Crippen LogP contribution is -2.26. The number of benzene rings is 2. The lowest BCUT2D eigenvalue weighted by molar-refractivity contribution is -0.385. The molecule has 8 heteroatoms. The van der Waals surface area contributed by atoms with Gasteiger partial charge in [-0.2, -0.15) is 5.10 Å². The van der Waals surface area contributed by atoms with Crippen molar-refractivity contribution >= 4 is 44.6 Å². The molecule has 0 fully saturated rings. The molecule has 28 heavy (non-hydrogen) atoms. The van der Waals surface area contributed by atoms with Gasteiger partial charge in [0.25, 0.3) is 11.6 Å². The summed E-state index contributed by atoms with van der Waals surface area (Å²) in [4.78, 5) is 24.7. The summed E-state index contributed by atoms with van der Waals surface area (Å²) in [6.45, 7) is 0. The molecule has 0 spiro atoms. The molecule has 0 saturated carbocycles. The molecule has 0 radical (unpaired) electrons. The number of thiophene rings is 1. The number of rotatable bonds is 4. The summed E-state index contributed by atoms with van der Waals surface area (Å²) in [5, 5.41) is 19.3. The monoisotopic (exact) mass is 455 g/mol. The Balaban J connectivity index is 1.79. The van der Waals surface area contributed by atoms with Crippen molar-refractivity contribution in [2.45, 2.75) is 12.5 Å². The van der Waals surface area contributed by atoms with Crippen molar-refractivity contribution in [1.82, 2.24) is 5.01 Å².